The van der Waals surface area contributed by atoms with Crippen LogP contribution in [-0.4, -0.2) is 47.8 Å². The fraction of sp³-hybridized carbons (Fsp3) is 0.353. The van der Waals surface area contributed by atoms with Gasteiger partial charge in [-0.2, -0.15) is 5.26 Å². The van der Waals surface area contributed by atoms with Gasteiger partial charge < -0.3 is 14.8 Å². The van der Waals surface area contributed by atoms with Crippen molar-refractivity contribution in [3.63, 3.8) is 0 Å². The number of carbonyl (C=O) groups excluding carboxylic acids is 2. The Morgan fingerprint density at radius 3 is 2.78 bits per heavy atom. The molecule has 3 rings (SSSR count). The van der Waals surface area contributed by atoms with Crippen LogP contribution in [0.4, 0.5) is 0 Å². The highest BCUT2D eigenvalue weighted by Gasteiger charge is 2.19. The summed E-state index contributed by atoms with van der Waals surface area (Å²) in [5.41, 5.74) is 2.69. The number of rotatable bonds is 3. The molecular formula is C17H18N4O2. The normalized spacial score (nSPS) is 14.7. The van der Waals surface area contributed by atoms with Gasteiger partial charge in [-0.25, -0.2) is 0 Å². The molecule has 6 nitrogen and oxygen atoms in total. The second-order valence-corrected chi connectivity index (χ2v) is 5.69. The highest BCUT2D eigenvalue weighted by atomic mass is 16.2. The molecule has 0 aliphatic carbocycles. The van der Waals surface area contributed by atoms with Gasteiger partial charge in [0.1, 0.15) is 24.6 Å². The lowest BCUT2D eigenvalue weighted by Gasteiger charge is -2.27. The van der Waals surface area contributed by atoms with Gasteiger partial charge in [-0.3, -0.25) is 9.59 Å². The van der Waals surface area contributed by atoms with Crippen LogP contribution in [0.3, 0.4) is 0 Å². The number of aryl methyl sites for hydroxylation is 1. The van der Waals surface area contributed by atoms with E-state index in [0.29, 0.717) is 24.3 Å². The van der Waals surface area contributed by atoms with Crippen molar-refractivity contribution in [2.45, 2.75) is 13.5 Å². The van der Waals surface area contributed by atoms with Crippen LogP contribution in [0.15, 0.2) is 18.2 Å². The van der Waals surface area contributed by atoms with Crippen LogP contribution >= 0.6 is 0 Å². The molecule has 118 valence electrons. The van der Waals surface area contributed by atoms with Gasteiger partial charge >= 0.3 is 0 Å². The zero-order chi connectivity index (χ0) is 16.4. The smallest absolute Gasteiger partial charge is 0.242 e. The molecule has 1 amide bonds. The van der Waals surface area contributed by atoms with Gasteiger partial charge in [0.05, 0.1) is 0 Å². The van der Waals surface area contributed by atoms with Gasteiger partial charge in [-0.1, -0.05) is 0 Å². The molecule has 6 heteroatoms. The number of hydrogen-bond acceptors (Lipinski definition) is 4. The predicted octanol–water partition coefficient (Wildman–Crippen LogP) is 1.07. The third kappa shape index (κ3) is 2.71. The molecule has 2 heterocycles. The Balaban J connectivity index is 1.99. The van der Waals surface area contributed by atoms with Crippen molar-refractivity contribution in [2.24, 2.45) is 0 Å². The average molecular weight is 310 g/mol. The van der Waals surface area contributed by atoms with E-state index in [4.69, 9.17) is 0 Å². The molecule has 0 bridgehead atoms. The van der Waals surface area contributed by atoms with Crippen molar-refractivity contribution in [3.05, 3.63) is 35.0 Å². The second kappa shape index (κ2) is 6.23. The number of benzene rings is 1. The van der Waals surface area contributed by atoms with Crippen LogP contribution in [0.2, 0.25) is 0 Å². The van der Waals surface area contributed by atoms with Crippen LogP contribution < -0.4 is 5.32 Å². The van der Waals surface area contributed by atoms with E-state index in [-0.39, 0.29) is 12.5 Å². The van der Waals surface area contributed by atoms with E-state index in [1.54, 1.807) is 22.8 Å². The fourth-order valence-corrected chi connectivity index (χ4v) is 3.03. The fourth-order valence-electron chi connectivity index (χ4n) is 3.03. The number of nitrogens with one attached hydrogen (secondary N) is 1. The molecule has 0 atom stereocenters. The SMILES string of the molecule is Cc1c(C=O)ccc2c1cc(C#N)n2CC(=O)N1CCNCC1. The van der Waals surface area contributed by atoms with Crippen LogP contribution in [0, 0.1) is 18.3 Å². The maximum atomic E-state index is 12.5. The minimum atomic E-state index is 0.0117. The monoisotopic (exact) mass is 310 g/mol. The lowest BCUT2D eigenvalue weighted by Crippen LogP contribution is -2.47. The molecule has 0 saturated carbocycles. The Bertz CT molecular complexity index is 810. The standard InChI is InChI=1S/C17H18N4O2/c1-12-13(11-22)2-3-16-15(12)8-14(9-18)21(16)10-17(23)20-6-4-19-5-7-20/h2-3,8,11,19H,4-7,10H2,1H3. The third-order valence-electron chi connectivity index (χ3n) is 4.40. The molecule has 0 radical (unpaired) electrons. The second-order valence-electron chi connectivity index (χ2n) is 5.69. The summed E-state index contributed by atoms with van der Waals surface area (Å²) in [6, 6.07) is 7.44. The maximum absolute atomic E-state index is 12.5. The summed E-state index contributed by atoms with van der Waals surface area (Å²) in [4.78, 5) is 25.4. The topological polar surface area (TPSA) is 78.1 Å². The number of aromatic nitrogens is 1. The van der Waals surface area contributed by atoms with Crippen molar-refractivity contribution in [1.29, 1.82) is 5.26 Å². The van der Waals surface area contributed by atoms with Crippen molar-refractivity contribution >= 4 is 23.1 Å². The zero-order valence-corrected chi connectivity index (χ0v) is 13.0. The molecule has 1 aliphatic heterocycles. The summed E-state index contributed by atoms with van der Waals surface area (Å²) in [5.74, 6) is 0.0117. The van der Waals surface area contributed by atoms with Gasteiger partial charge in [0.25, 0.3) is 0 Å². The van der Waals surface area contributed by atoms with Crippen LogP contribution in [-0.2, 0) is 11.3 Å². The lowest BCUT2D eigenvalue weighted by molar-refractivity contribution is -0.132. The summed E-state index contributed by atoms with van der Waals surface area (Å²) in [6.45, 7) is 4.97. The molecule has 1 N–H and O–H groups in total. The number of amides is 1. The number of nitriles is 1. The molecule has 2 aromatic rings. The molecule has 1 saturated heterocycles. The Hall–Kier alpha value is -2.65. The third-order valence-corrected chi connectivity index (χ3v) is 4.40. The van der Waals surface area contributed by atoms with Crippen molar-refractivity contribution in [1.82, 2.24) is 14.8 Å². The largest absolute Gasteiger partial charge is 0.339 e. The molecule has 0 spiro atoms. The Morgan fingerprint density at radius 1 is 1.39 bits per heavy atom. The number of aldehydes is 1. The summed E-state index contributed by atoms with van der Waals surface area (Å²) in [6.07, 6.45) is 0.810. The van der Waals surface area contributed by atoms with Crippen LogP contribution in [0.25, 0.3) is 10.9 Å². The Morgan fingerprint density at radius 2 is 2.13 bits per heavy atom. The van der Waals surface area contributed by atoms with Crippen LogP contribution in [0.5, 0.6) is 0 Å². The Kier molecular flexibility index (Phi) is 4.13. The van der Waals surface area contributed by atoms with Gasteiger partial charge in [0.15, 0.2) is 0 Å². The quantitative estimate of drug-likeness (QED) is 0.860. The van der Waals surface area contributed by atoms with E-state index in [2.05, 4.69) is 11.4 Å². The summed E-state index contributed by atoms with van der Waals surface area (Å²) in [7, 11) is 0. The number of nitrogens with zero attached hydrogens (tertiary/aromatic N) is 3. The first-order valence-electron chi connectivity index (χ1n) is 7.62. The van der Waals surface area contributed by atoms with E-state index < -0.39 is 0 Å². The average Bonchev–Trinajstić information content (AvgIpc) is 2.94. The highest BCUT2D eigenvalue weighted by molar-refractivity contribution is 5.93. The van der Waals surface area contributed by atoms with E-state index in [1.807, 2.05) is 11.8 Å². The lowest BCUT2D eigenvalue weighted by atomic mass is 10.1. The van der Waals surface area contributed by atoms with Crippen molar-refractivity contribution < 1.29 is 9.59 Å². The molecule has 23 heavy (non-hydrogen) atoms. The minimum absolute atomic E-state index is 0.0117. The molecule has 0 unspecified atom stereocenters. The maximum Gasteiger partial charge on any atom is 0.242 e. The van der Waals surface area contributed by atoms with E-state index >= 15 is 0 Å². The summed E-state index contributed by atoms with van der Waals surface area (Å²) in [5, 5.41) is 13.4. The molecule has 1 aromatic heterocycles. The van der Waals surface area contributed by atoms with Gasteiger partial charge in [-0.05, 0) is 30.7 Å². The molecule has 1 aliphatic rings. The van der Waals surface area contributed by atoms with E-state index in [1.165, 1.54) is 0 Å². The number of carbonyl (C=O) groups is 2. The first kappa shape index (κ1) is 15.3. The number of piperazine rings is 1. The molecular weight excluding hydrogens is 292 g/mol. The molecule has 1 aromatic carbocycles. The summed E-state index contributed by atoms with van der Waals surface area (Å²) < 4.78 is 1.74. The zero-order valence-electron chi connectivity index (χ0n) is 13.0. The van der Waals surface area contributed by atoms with Gasteiger partial charge in [0.2, 0.25) is 5.91 Å². The number of fused-ring (bicyclic) bond motifs is 1. The molecule has 1 fully saturated rings. The minimum Gasteiger partial charge on any atom is -0.339 e. The van der Waals surface area contributed by atoms with Crippen LogP contribution in [0.1, 0.15) is 21.6 Å². The number of hydrogen-bond donors (Lipinski definition) is 1. The first-order chi connectivity index (χ1) is 11.2. The van der Waals surface area contributed by atoms with Crippen molar-refractivity contribution in [2.75, 3.05) is 26.2 Å². The highest BCUT2D eigenvalue weighted by Crippen LogP contribution is 2.25. The first-order valence-corrected chi connectivity index (χ1v) is 7.62. The summed E-state index contributed by atoms with van der Waals surface area (Å²) >= 11 is 0. The van der Waals surface area contributed by atoms with Gasteiger partial charge in [-0.15, -0.1) is 0 Å². The van der Waals surface area contributed by atoms with Crippen molar-refractivity contribution in [3.8, 4) is 6.07 Å². The van der Waals surface area contributed by atoms with Gasteiger partial charge in [0, 0.05) is 42.6 Å². The van der Waals surface area contributed by atoms with E-state index in [9.17, 15) is 14.9 Å². The Labute approximate surface area is 134 Å². The predicted molar refractivity (Wildman–Crippen MR) is 86.2 cm³/mol. The van der Waals surface area contributed by atoms with E-state index in [0.717, 1.165) is 35.8 Å².